The second-order valence-electron chi connectivity index (χ2n) is 5.05. The maximum atomic E-state index is 12.4. The third kappa shape index (κ3) is 1.51. The highest BCUT2D eigenvalue weighted by Gasteiger charge is 2.39. The summed E-state index contributed by atoms with van der Waals surface area (Å²) in [6.45, 7) is 6.41. The van der Waals surface area contributed by atoms with Gasteiger partial charge in [0.1, 0.15) is 5.69 Å². The van der Waals surface area contributed by atoms with Crippen LogP contribution in [0, 0.1) is 6.92 Å². The third-order valence-electron chi connectivity index (χ3n) is 3.73. The molecular formula is C14H14N2O3. The first-order chi connectivity index (χ1) is 8.93. The van der Waals surface area contributed by atoms with Crippen LogP contribution in [0.15, 0.2) is 11.3 Å². The largest absolute Gasteiger partial charge is 0.364 e. The van der Waals surface area contributed by atoms with Crippen LogP contribution in [0.25, 0.3) is 0 Å². The molecule has 0 saturated carbocycles. The van der Waals surface area contributed by atoms with Crippen LogP contribution < -0.4 is 0 Å². The number of carbonyl (C=O) groups excluding carboxylic acids is 3. The molecule has 0 aromatic carbocycles. The van der Waals surface area contributed by atoms with E-state index in [0.717, 1.165) is 13.1 Å². The Kier molecular flexibility index (Phi) is 2.29. The fourth-order valence-corrected chi connectivity index (χ4v) is 2.64. The molecular weight excluding hydrogens is 244 g/mol. The normalized spacial score (nSPS) is 17.9. The quantitative estimate of drug-likeness (QED) is 0.644. The Morgan fingerprint density at radius 2 is 1.79 bits per heavy atom. The van der Waals surface area contributed by atoms with Crippen molar-refractivity contribution in [3.05, 3.63) is 33.8 Å². The van der Waals surface area contributed by atoms with Gasteiger partial charge in [0.05, 0.1) is 17.0 Å². The molecule has 1 aromatic rings. The summed E-state index contributed by atoms with van der Waals surface area (Å²) in [5.41, 5.74) is 2.51. The number of rotatable bonds is 2. The Labute approximate surface area is 110 Å². The molecule has 5 heteroatoms. The lowest BCUT2D eigenvalue weighted by atomic mass is 9.90. The van der Waals surface area contributed by atoms with Gasteiger partial charge in [0.2, 0.25) is 5.78 Å². The molecule has 0 spiro atoms. The molecule has 0 amide bonds. The molecule has 98 valence electrons. The van der Waals surface area contributed by atoms with Gasteiger partial charge in [-0.25, -0.2) is 0 Å². The Hall–Kier alpha value is -2.17. The van der Waals surface area contributed by atoms with E-state index in [1.54, 1.807) is 13.8 Å². The van der Waals surface area contributed by atoms with Crippen molar-refractivity contribution in [2.45, 2.75) is 20.8 Å². The number of aromatic amines is 1. The lowest BCUT2D eigenvalue weighted by Crippen LogP contribution is -2.24. The van der Waals surface area contributed by atoms with Crippen molar-refractivity contribution in [2.24, 2.45) is 0 Å². The number of H-pyrrole nitrogens is 1. The summed E-state index contributed by atoms with van der Waals surface area (Å²) in [5.74, 6) is -0.503. The van der Waals surface area contributed by atoms with E-state index in [0.29, 0.717) is 28.1 Å². The summed E-state index contributed by atoms with van der Waals surface area (Å²) < 4.78 is 0. The molecule has 3 rings (SSSR count). The second-order valence-corrected chi connectivity index (χ2v) is 5.05. The standard InChI is InChI=1S/C14H14N2O3/c1-6-9-11(15-10(6)8(3)17)14(19)12(16-4-5-16)7(2)13(9)18/h15H,4-5H2,1-3H3. The molecule has 1 aliphatic heterocycles. The zero-order valence-corrected chi connectivity index (χ0v) is 11.1. The molecule has 0 bridgehead atoms. The van der Waals surface area contributed by atoms with Crippen molar-refractivity contribution < 1.29 is 14.4 Å². The first-order valence-corrected chi connectivity index (χ1v) is 6.22. The number of ketones is 3. The van der Waals surface area contributed by atoms with E-state index >= 15 is 0 Å². The highest BCUT2D eigenvalue weighted by molar-refractivity contribution is 6.27. The Morgan fingerprint density at radius 1 is 1.16 bits per heavy atom. The van der Waals surface area contributed by atoms with Crippen molar-refractivity contribution in [1.82, 2.24) is 9.88 Å². The van der Waals surface area contributed by atoms with Crippen LogP contribution in [-0.2, 0) is 0 Å². The maximum Gasteiger partial charge on any atom is 0.226 e. The number of carbonyl (C=O) groups is 3. The number of aromatic nitrogens is 1. The Bertz CT molecular complexity index is 675. The van der Waals surface area contributed by atoms with E-state index in [-0.39, 0.29) is 23.0 Å². The van der Waals surface area contributed by atoms with E-state index in [2.05, 4.69) is 4.98 Å². The number of allylic oxidation sites excluding steroid dienone is 2. The summed E-state index contributed by atoms with van der Waals surface area (Å²) in [5, 5.41) is 0. The van der Waals surface area contributed by atoms with Crippen LogP contribution in [0.2, 0.25) is 0 Å². The minimum Gasteiger partial charge on any atom is -0.364 e. The Morgan fingerprint density at radius 3 is 2.32 bits per heavy atom. The molecule has 1 aromatic heterocycles. The van der Waals surface area contributed by atoms with Crippen LogP contribution in [0.5, 0.6) is 0 Å². The molecule has 0 unspecified atom stereocenters. The molecule has 2 heterocycles. The van der Waals surface area contributed by atoms with Gasteiger partial charge in [-0.05, 0) is 19.4 Å². The summed E-state index contributed by atoms with van der Waals surface area (Å²) in [6.07, 6.45) is 0. The number of nitrogens with one attached hydrogen (secondary N) is 1. The van der Waals surface area contributed by atoms with Gasteiger partial charge in [-0.1, -0.05) is 0 Å². The molecule has 0 atom stereocenters. The molecule has 1 aliphatic carbocycles. The fraction of sp³-hybridized carbons (Fsp3) is 0.357. The molecule has 1 saturated heterocycles. The second kappa shape index (κ2) is 3.66. The first-order valence-electron chi connectivity index (χ1n) is 6.22. The predicted octanol–water partition coefficient (Wildman–Crippen LogP) is 1.49. The van der Waals surface area contributed by atoms with E-state index in [9.17, 15) is 14.4 Å². The summed E-state index contributed by atoms with van der Waals surface area (Å²) in [7, 11) is 0. The highest BCUT2D eigenvalue weighted by atomic mass is 16.1. The first kappa shape index (κ1) is 11.9. The molecule has 19 heavy (non-hydrogen) atoms. The summed E-state index contributed by atoms with van der Waals surface area (Å²) >= 11 is 0. The molecule has 2 aliphatic rings. The van der Waals surface area contributed by atoms with E-state index in [1.807, 2.05) is 4.90 Å². The number of hydrogen-bond acceptors (Lipinski definition) is 4. The lowest BCUT2D eigenvalue weighted by Gasteiger charge is -2.17. The SMILES string of the molecule is CC(=O)c1[nH]c2c(c1C)C(=O)C(C)=C(N1CC1)C2=O. The smallest absolute Gasteiger partial charge is 0.226 e. The average Bonchev–Trinajstić information content (AvgIpc) is 3.09. The zero-order valence-electron chi connectivity index (χ0n) is 11.1. The van der Waals surface area contributed by atoms with Crippen molar-refractivity contribution >= 4 is 17.3 Å². The molecule has 1 fully saturated rings. The van der Waals surface area contributed by atoms with Gasteiger partial charge < -0.3 is 9.88 Å². The molecule has 1 N–H and O–H groups in total. The van der Waals surface area contributed by atoms with Crippen molar-refractivity contribution in [3.8, 4) is 0 Å². The van der Waals surface area contributed by atoms with E-state index in [1.165, 1.54) is 6.92 Å². The van der Waals surface area contributed by atoms with Gasteiger partial charge in [0.25, 0.3) is 0 Å². The van der Waals surface area contributed by atoms with Crippen molar-refractivity contribution in [2.75, 3.05) is 13.1 Å². The van der Waals surface area contributed by atoms with Crippen molar-refractivity contribution in [1.29, 1.82) is 0 Å². The lowest BCUT2D eigenvalue weighted by molar-refractivity contribution is 0.0957. The molecule has 5 nitrogen and oxygen atoms in total. The van der Waals surface area contributed by atoms with Gasteiger partial charge in [0, 0.05) is 25.6 Å². The topological polar surface area (TPSA) is 70.0 Å². The van der Waals surface area contributed by atoms with E-state index in [4.69, 9.17) is 0 Å². The Balaban J connectivity index is 2.23. The summed E-state index contributed by atoms with van der Waals surface area (Å²) in [6, 6.07) is 0. The summed E-state index contributed by atoms with van der Waals surface area (Å²) in [4.78, 5) is 41.1. The zero-order chi connectivity index (χ0) is 13.9. The van der Waals surface area contributed by atoms with E-state index < -0.39 is 0 Å². The average molecular weight is 258 g/mol. The van der Waals surface area contributed by atoms with Crippen LogP contribution in [-0.4, -0.2) is 40.3 Å². The molecule has 0 radical (unpaired) electrons. The number of nitrogens with zero attached hydrogens (tertiary/aromatic N) is 1. The monoisotopic (exact) mass is 258 g/mol. The van der Waals surface area contributed by atoms with Gasteiger partial charge >= 0.3 is 0 Å². The minimum atomic E-state index is -0.180. The third-order valence-corrected chi connectivity index (χ3v) is 3.73. The van der Waals surface area contributed by atoms with Crippen LogP contribution in [0.4, 0.5) is 0 Å². The van der Waals surface area contributed by atoms with Crippen molar-refractivity contribution in [3.63, 3.8) is 0 Å². The number of fused-ring (bicyclic) bond motifs is 1. The van der Waals surface area contributed by atoms with Gasteiger partial charge in [-0.15, -0.1) is 0 Å². The maximum absolute atomic E-state index is 12.4. The van der Waals surface area contributed by atoms with Crippen LogP contribution in [0.3, 0.4) is 0 Å². The minimum absolute atomic E-state index is 0.155. The van der Waals surface area contributed by atoms with Gasteiger partial charge in [-0.3, -0.25) is 14.4 Å². The van der Waals surface area contributed by atoms with Gasteiger partial charge in [0.15, 0.2) is 11.6 Å². The highest BCUT2D eigenvalue weighted by Crippen LogP contribution is 2.33. The number of hydrogen-bond donors (Lipinski definition) is 1. The predicted molar refractivity (Wildman–Crippen MR) is 68.5 cm³/mol. The van der Waals surface area contributed by atoms with Gasteiger partial charge in [-0.2, -0.15) is 0 Å². The van der Waals surface area contributed by atoms with Crippen LogP contribution >= 0.6 is 0 Å². The number of Topliss-reactive ketones (excluding diaryl/α,β-unsaturated/α-hetero) is 3. The fourth-order valence-electron chi connectivity index (χ4n) is 2.64. The van der Waals surface area contributed by atoms with Crippen LogP contribution in [0.1, 0.15) is 50.7 Å².